The molecule has 1 atom stereocenters. The number of piperidine rings is 2. The lowest BCUT2D eigenvalue weighted by Crippen LogP contribution is -2.53. The number of nitrogens with zero attached hydrogens (tertiary/aromatic N) is 1. The van der Waals surface area contributed by atoms with E-state index in [-0.39, 0.29) is 11.8 Å². The summed E-state index contributed by atoms with van der Waals surface area (Å²) >= 11 is 0. The second-order valence-corrected chi connectivity index (χ2v) is 6.43. The van der Waals surface area contributed by atoms with Gasteiger partial charge in [-0.2, -0.15) is 0 Å². The lowest BCUT2D eigenvalue weighted by atomic mass is 9.74. The molecule has 0 aromatic heterocycles. The lowest BCUT2D eigenvalue weighted by Gasteiger charge is -2.45. The number of carbonyl (C=O) groups is 2. The average molecular weight is 296 g/mol. The maximum Gasteiger partial charge on any atom is 0.234 e. The van der Waals surface area contributed by atoms with Gasteiger partial charge in [-0.05, 0) is 44.2 Å². The van der Waals surface area contributed by atoms with E-state index in [0.29, 0.717) is 25.0 Å². The normalized spacial score (nSPS) is 26.5. The van der Waals surface area contributed by atoms with E-state index in [4.69, 9.17) is 0 Å². The lowest BCUT2D eigenvalue weighted by molar-refractivity contribution is -0.123. The van der Waals surface area contributed by atoms with Crippen LogP contribution in [0.4, 0.5) is 0 Å². The van der Waals surface area contributed by atoms with Crippen molar-refractivity contribution in [1.82, 2.24) is 20.9 Å². The molecule has 0 saturated carbocycles. The Balaban J connectivity index is 1.69. The summed E-state index contributed by atoms with van der Waals surface area (Å²) in [5.74, 6) is -0.00631. The van der Waals surface area contributed by atoms with Crippen LogP contribution in [-0.2, 0) is 9.59 Å². The van der Waals surface area contributed by atoms with Crippen molar-refractivity contribution in [3.8, 4) is 0 Å². The van der Waals surface area contributed by atoms with Crippen molar-refractivity contribution >= 4 is 11.8 Å². The summed E-state index contributed by atoms with van der Waals surface area (Å²) in [7, 11) is 0. The third-order valence-corrected chi connectivity index (χ3v) is 4.49. The van der Waals surface area contributed by atoms with Crippen LogP contribution in [0, 0.1) is 5.41 Å². The summed E-state index contributed by atoms with van der Waals surface area (Å²) in [5.41, 5.74) is 0.382. The molecule has 2 fully saturated rings. The maximum atomic E-state index is 11.9. The molecule has 3 N–H and O–H groups in total. The molecule has 2 amide bonds. The third-order valence-electron chi connectivity index (χ3n) is 4.49. The summed E-state index contributed by atoms with van der Waals surface area (Å²) < 4.78 is 0. The number of amides is 2. The van der Waals surface area contributed by atoms with Crippen LogP contribution in [0.2, 0.25) is 0 Å². The molecule has 2 rings (SSSR count). The Morgan fingerprint density at radius 1 is 1.19 bits per heavy atom. The van der Waals surface area contributed by atoms with Crippen LogP contribution < -0.4 is 16.0 Å². The van der Waals surface area contributed by atoms with Crippen molar-refractivity contribution < 1.29 is 9.59 Å². The Kier molecular flexibility index (Phi) is 5.99. The van der Waals surface area contributed by atoms with Crippen LogP contribution in [0.15, 0.2) is 0 Å². The zero-order valence-corrected chi connectivity index (χ0v) is 13.0. The van der Waals surface area contributed by atoms with Gasteiger partial charge in [0.15, 0.2) is 0 Å². The molecule has 0 bridgehead atoms. The standard InChI is InChI=1S/C15H28N4O2/c1-13(20)17-7-8-18-14(21)10-19-9-3-5-15(12-19)4-2-6-16-11-15/h16H,2-12H2,1H3,(H,17,20)(H,18,21). The first-order chi connectivity index (χ1) is 10.1. The molecule has 1 unspecified atom stereocenters. The molecule has 6 nitrogen and oxygen atoms in total. The van der Waals surface area contributed by atoms with E-state index >= 15 is 0 Å². The van der Waals surface area contributed by atoms with Gasteiger partial charge in [-0.1, -0.05) is 0 Å². The van der Waals surface area contributed by atoms with Gasteiger partial charge in [0.2, 0.25) is 11.8 Å². The largest absolute Gasteiger partial charge is 0.355 e. The molecule has 0 radical (unpaired) electrons. The molecule has 1 spiro atoms. The van der Waals surface area contributed by atoms with E-state index in [2.05, 4.69) is 20.9 Å². The SMILES string of the molecule is CC(=O)NCCNC(=O)CN1CCCC2(CCCNC2)C1. The van der Waals surface area contributed by atoms with Crippen LogP contribution in [-0.4, -0.2) is 62.5 Å². The maximum absolute atomic E-state index is 11.9. The van der Waals surface area contributed by atoms with Gasteiger partial charge in [-0.25, -0.2) is 0 Å². The molecule has 2 heterocycles. The fraction of sp³-hybridized carbons (Fsp3) is 0.867. The van der Waals surface area contributed by atoms with Crippen molar-refractivity contribution in [2.45, 2.75) is 32.6 Å². The van der Waals surface area contributed by atoms with Crippen molar-refractivity contribution in [1.29, 1.82) is 0 Å². The third kappa shape index (κ3) is 5.28. The van der Waals surface area contributed by atoms with E-state index in [1.807, 2.05) is 0 Å². The number of likely N-dealkylation sites (tertiary alicyclic amines) is 1. The molecule has 120 valence electrons. The van der Waals surface area contributed by atoms with Gasteiger partial charge in [0, 0.05) is 33.1 Å². The second kappa shape index (κ2) is 7.75. The quantitative estimate of drug-likeness (QED) is 0.609. The molecule has 0 aromatic carbocycles. The van der Waals surface area contributed by atoms with Crippen molar-refractivity contribution in [3.05, 3.63) is 0 Å². The van der Waals surface area contributed by atoms with E-state index in [1.54, 1.807) is 0 Å². The van der Waals surface area contributed by atoms with Gasteiger partial charge >= 0.3 is 0 Å². The Hall–Kier alpha value is -1.14. The summed E-state index contributed by atoms with van der Waals surface area (Å²) in [5, 5.41) is 9.05. The van der Waals surface area contributed by atoms with Crippen LogP contribution >= 0.6 is 0 Å². The molecule has 2 aliphatic rings. The molecule has 0 aliphatic carbocycles. The number of carbonyl (C=O) groups excluding carboxylic acids is 2. The van der Waals surface area contributed by atoms with Crippen LogP contribution in [0.5, 0.6) is 0 Å². The molecule has 2 aliphatic heterocycles. The summed E-state index contributed by atoms with van der Waals surface area (Å²) in [6.07, 6.45) is 4.99. The van der Waals surface area contributed by atoms with Crippen molar-refractivity contribution in [2.24, 2.45) is 5.41 Å². The fourth-order valence-electron chi connectivity index (χ4n) is 3.52. The zero-order valence-electron chi connectivity index (χ0n) is 13.0. The minimum atomic E-state index is -0.0629. The monoisotopic (exact) mass is 296 g/mol. The topological polar surface area (TPSA) is 73.5 Å². The van der Waals surface area contributed by atoms with E-state index in [1.165, 1.54) is 32.6 Å². The number of nitrogens with one attached hydrogen (secondary N) is 3. The fourth-order valence-corrected chi connectivity index (χ4v) is 3.52. The Morgan fingerprint density at radius 2 is 1.95 bits per heavy atom. The van der Waals surface area contributed by atoms with Crippen molar-refractivity contribution in [2.75, 3.05) is 45.8 Å². The predicted molar refractivity (Wildman–Crippen MR) is 81.9 cm³/mol. The van der Waals surface area contributed by atoms with E-state index < -0.39 is 0 Å². The second-order valence-electron chi connectivity index (χ2n) is 6.43. The number of hydrogen-bond donors (Lipinski definition) is 3. The first-order valence-electron chi connectivity index (χ1n) is 8.04. The smallest absolute Gasteiger partial charge is 0.234 e. The zero-order chi connectivity index (χ0) is 15.1. The van der Waals surface area contributed by atoms with Crippen LogP contribution in [0.25, 0.3) is 0 Å². The molecular formula is C15H28N4O2. The average Bonchev–Trinajstić information content (AvgIpc) is 2.44. The van der Waals surface area contributed by atoms with Crippen molar-refractivity contribution in [3.63, 3.8) is 0 Å². The summed E-state index contributed by atoms with van der Waals surface area (Å²) in [6, 6.07) is 0. The van der Waals surface area contributed by atoms with E-state index in [9.17, 15) is 9.59 Å². The van der Waals surface area contributed by atoms with E-state index in [0.717, 1.165) is 26.2 Å². The van der Waals surface area contributed by atoms with Gasteiger partial charge in [0.1, 0.15) is 0 Å². The summed E-state index contributed by atoms with van der Waals surface area (Å²) in [6.45, 7) is 7.21. The van der Waals surface area contributed by atoms with Gasteiger partial charge in [-0.3, -0.25) is 14.5 Å². The molecule has 0 aromatic rings. The Bertz CT molecular complexity index is 361. The van der Waals surface area contributed by atoms with Crippen LogP contribution in [0.1, 0.15) is 32.6 Å². The van der Waals surface area contributed by atoms with Crippen LogP contribution in [0.3, 0.4) is 0 Å². The minimum Gasteiger partial charge on any atom is -0.355 e. The first-order valence-corrected chi connectivity index (χ1v) is 8.04. The molecule has 2 saturated heterocycles. The molecular weight excluding hydrogens is 268 g/mol. The highest BCUT2D eigenvalue weighted by Gasteiger charge is 2.36. The van der Waals surface area contributed by atoms with Gasteiger partial charge in [0.25, 0.3) is 0 Å². The number of hydrogen-bond acceptors (Lipinski definition) is 4. The molecule has 21 heavy (non-hydrogen) atoms. The minimum absolute atomic E-state index is 0.0566. The highest BCUT2D eigenvalue weighted by molar-refractivity contribution is 5.78. The predicted octanol–water partition coefficient (Wildman–Crippen LogP) is -0.296. The van der Waals surface area contributed by atoms with Gasteiger partial charge < -0.3 is 16.0 Å². The Morgan fingerprint density at radius 3 is 2.67 bits per heavy atom. The Labute approximate surface area is 127 Å². The summed E-state index contributed by atoms with van der Waals surface area (Å²) in [4.78, 5) is 25.0. The number of rotatable bonds is 5. The first kappa shape index (κ1) is 16.2. The highest BCUT2D eigenvalue weighted by Crippen LogP contribution is 2.35. The highest BCUT2D eigenvalue weighted by atomic mass is 16.2. The molecule has 6 heteroatoms. The van der Waals surface area contributed by atoms with Gasteiger partial charge in [0.05, 0.1) is 6.54 Å². The van der Waals surface area contributed by atoms with Gasteiger partial charge in [-0.15, -0.1) is 0 Å².